The molecule has 0 radical (unpaired) electrons. The third-order valence-electron chi connectivity index (χ3n) is 2.15. The number of halogens is 2. The molecular weight excluding hydrogens is 233 g/mol. The lowest BCUT2D eigenvalue weighted by Crippen LogP contribution is -1.96. The third-order valence-corrected chi connectivity index (χ3v) is 2.71. The zero-order valence-corrected chi connectivity index (χ0v) is 9.35. The molecule has 2 N–H and O–H groups in total. The van der Waals surface area contributed by atoms with E-state index in [4.69, 9.17) is 33.4 Å². The average Bonchev–Trinajstić information content (AvgIpc) is 2.69. The van der Waals surface area contributed by atoms with Gasteiger partial charge in [-0.05, 0) is 24.3 Å². The van der Waals surface area contributed by atoms with Gasteiger partial charge in [-0.2, -0.15) is 0 Å². The average molecular weight is 242 g/mol. The molecule has 0 saturated heterocycles. The Balaban J connectivity index is 2.58. The van der Waals surface area contributed by atoms with Gasteiger partial charge in [-0.25, -0.2) is 0 Å². The Morgan fingerprint density at radius 2 is 1.93 bits per heavy atom. The van der Waals surface area contributed by atoms with Crippen LogP contribution in [0.3, 0.4) is 0 Å². The summed E-state index contributed by atoms with van der Waals surface area (Å²) in [5, 5.41) is 1.27. The molecule has 0 atom stereocenters. The van der Waals surface area contributed by atoms with Crippen LogP contribution in [0, 0.1) is 0 Å². The van der Waals surface area contributed by atoms with Crippen molar-refractivity contribution in [1.29, 1.82) is 0 Å². The van der Waals surface area contributed by atoms with Gasteiger partial charge in [-0.15, -0.1) is 0 Å². The maximum Gasteiger partial charge on any atom is 0.125 e. The highest BCUT2D eigenvalue weighted by atomic mass is 35.5. The first-order chi connectivity index (χ1) is 7.22. The van der Waals surface area contributed by atoms with Gasteiger partial charge in [-0.1, -0.05) is 23.2 Å². The number of hydrogen-bond acceptors (Lipinski definition) is 2. The van der Waals surface area contributed by atoms with Crippen molar-refractivity contribution in [2.75, 3.05) is 0 Å². The van der Waals surface area contributed by atoms with Crippen LogP contribution in [0.15, 0.2) is 34.9 Å². The van der Waals surface area contributed by atoms with Gasteiger partial charge < -0.3 is 10.2 Å². The minimum Gasteiger partial charge on any atom is -0.467 e. The topological polar surface area (TPSA) is 39.2 Å². The summed E-state index contributed by atoms with van der Waals surface area (Å²) < 4.78 is 5.24. The van der Waals surface area contributed by atoms with Crippen molar-refractivity contribution >= 4 is 23.2 Å². The SMILES string of the molecule is NCc1occc1-c1cc(Cl)ccc1Cl. The van der Waals surface area contributed by atoms with Crippen molar-refractivity contribution in [1.82, 2.24) is 0 Å². The predicted octanol–water partition coefficient (Wildman–Crippen LogP) is 3.71. The minimum atomic E-state index is 0.338. The Hall–Kier alpha value is -0.960. The fraction of sp³-hybridized carbons (Fsp3) is 0.0909. The number of benzene rings is 1. The van der Waals surface area contributed by atoms with Crippen LogP contribution in [0.2, 0.25) is 10.0 Å². The zero-order chi connectivity index (χ0) is 10.8. The number of nitrogens with two attached hydrogens (primary N) is 1. The van der Waals surface area contributed by atoms with Gasteiger partial charge in [0, 0.05) is 21.2 Å². The van der Waals surface area contributed by atoms with E-state index in [9.17, 15) is 0 Å². The van der Waals surface area contributed by atoms with Gasteiger partial charge in [0.1, 0.15) is 5.76 Å². The summed E-state index contributed by atoms with van der Waals surface area (Å²) in [6.45, 7) is 0.338. The van der Waals surface area contributed by atoms with Crippen molar-refractivity contribution in [3.05, 3.63) is 46.3 Å². The van der Waals surface area contributed by atoms with Crippen LogP contribution in [0.1, 0.15) is 5.76 Å². The Bertz CT molecular complexity index is 479. The standard InChI is InChI=1S/C11H9Cl2NO/c12-7-1-2-10(13)9(5-7)8-3-4-15-11(8)6-14/h1-5H,6,14H2. The van der Waals surface area contributed by atoms with E-state index in [0.717, 1.165) is 11.1 Å². The summed E-state index contributed by atoms with van der Waals surface area (Å²) in [5.41, 5.74) is 7.29. The quantitative estimate of drug-likeness (QED) is 0.871. The van der Waals surface area contributed by atoms with Crippen molar-refractivity contribution in [3.63, 3.8) is 0 Å². The highest BCUT2D eigenvalue weighted by Crippen LogP contribution is 2.33. The minimum absolute atomic E-state index is 0.338. The molecule has 1 heterocycles. The number of furan rings is 1. The molecule has 4 heteroatoms. The molecule has 2 rings (SSSR count). The Kier molecular flexibility index (Phi) is 3.00. The van der Waals surface area contributed by atoms with Crippen molar-refractivity contribution in [2.45, 2.75) is 6.54 Å². The first-order valence-electron chi connectivity index (χ1n) is 4.44. The molecule has 1 aromatic carbocycles. The summed E-state index contributed by atoms with van der Waals surface area (Å²) in [7, 11) is 0. The molecule has 0 aliphatic carbocycles. The molecule has 0 unspecified atom stereocenters. The summed E-state index contributed by atoms with van der Waals surface area (Å²) in [5.74, 6) is 0.708. The van der Waals surface area contributed by atoms with Crippen LogP contribution in [0.5, 0.6) is 0 Å². The lowest BCUT2D eigenvalue weighted by Gasteiger charge is -2.04. The van der Waals surface area contributed by atoms with Gasteiger partial charge in [0.05, 0.1) is 12.8 Å². The zero-order valence-electron chi connectivity index (χ0n) is 7.84. The second-order valence-corrected chi connectivity index (χ2v) is 3.93. The molecule has 1 aromatic heterocycles. The van der Waals surface area contributed by atoms with Crippen LogP contribution < -0.4 is 5.73 Å². The van der Waals surface area contributed by atoms with Crippen LogP contribution >= 0.6 is 23.2 Å². The molecule has 0 spiro atoms. The Morgan fingerprint density at radius 3 is 2.67 bits per heavy atom. The lowest BCUT2D eigenvalue weighted by molar-refractivity contribution is 0.513. The molecule has 0 fully saturated rings. The molecule has 0 aliphatic heterocycles. The van der Waals surface area contributed by atoms with Crippen molar-refractivity contribution < 1.29 is 4.42 Å². The van der Waals surface area contributed by atoms with Crippen molar-refractivity contribution in [3.8, 4) is 11.1 Å². The van der Waals surface area contributed by atoms with Gasteiger partial charge in [0.15, 0.2) is 0 Å². The molecule has 2 nitrogen and oxygen atoms in total. The van der Waals surface area contributed by atoms with E-state index in [1.807, 2.05) is 6.07 Å². The fourth-order valence-electron chi connectivity index (χ4n) is 1.44. The lowest BCUT2D eigenvalue weighted by atomic mass is 10.1. The second kappa shape index (κ2) is 4.27. The first kappa shape index (κ1) is 10.6. The van der Waals surface area contributed by atoms with Crippen LogP contribution in [0.25, 0.3) is 11.1 Å². The first-order valence-corrected chi connectivity index (χ1v) is 5.20. The maximum absolute atomic E-state index is 6.08. The largest absolute Gasteiger partial charge is 0.467 e. The van der Waals surface area contributed by atoms with E-state index in [0.29, 0.717) is 22.4 Å². The van der Waals surface area contributed by atoms with Crippen LogP contribution in [-0.4, -0.2) is 0 Å². The van der Waals surface area contributed by atoms with E-state index in [1.165, 1.54) is 0 Å². The summed E-state index contributed by atoms with van der Waals surface area (Å²) in [6.07, 6.45) is 1.59. The monoisotopic (exact) mass is 241 g/mol. The normalized spacial score (nSPS) is 10.6. The molecular formula is C11H9Cl2NO. The van der Waals surface area contributed by atoms with Crippen molar-refractivity contribution in [2.24, 2.45) is 5.73 Å². The molecule has 0 amide bonds. The van der Waals surface area contributed by atoms with E-state index in [-0.39, 0.29) is 0 Å². The maximum atomic E-state index is 6.08. The molecule has 0 bridgehead atoms. The predicted molar refractivity (Wildman–Crippen MR) is 62.1 cm³/mol. The molecule has 78 valence electrons. The second-order valence-electron chi connectivity index (χ2n) is 3.09. The van der Waals surface area contributed by atoms with Gasteiger partial charge in [-0.3, -0.25) is 0 Å². The Labute approximate surface area is 97.6 Å². The van der Waals surface area contributed by atoms with E-state index in [1.54, 1.807) is 24.5 Å². The fourth-order valence-corrected chi connectivity index (χ4v) is 1.83. The van der Waals surface area contributed by atoms with E-state index >= 15 is 0 Å². The van der Waals surface area contributed by atoms with Gasteiger partial charge in [0.2, 0.25) is 0 Å². The smallest absolute Gasteiger partial charge is 0.125 e. The van der Waals surface area contributed by atoms with E-state index < -0.39 is 0 Å². The number of rotatable bonds is 2. The summed E-state index contributed by atoms with van der Waals surface area (Å²) in [4.78, 5) is 0. The van der Waals surface area contributed by atoms with Crippen LogP contribution in [0.4, 0.5) is 0 Å². The molecule has 0 aliphatic rings. The molecule has 15 heavy (non-hydrogen) atoms. The molecule has 0 saturated carbocycles. The third kappa shape index (κ3) is 2.02. The summed E-state index contributed by atoms with van der Waals surface area (Å²) in [6, 6.07) is 7.13. The highest BCUT2D eigenvalue weighted by molar-refractivity contribution is 6.35. The molecule has 2 aromatic rings. The van der Waals surface area contributed by atoms with Gasteiger partial charge >= 0.3 is 0 Å². The van der Waals surface area contributed by atoms with Gasteiger partial charge in [0.25, 0.3) is 0 Å². The highest BCUT2D eigenvalue weighted by Gasteiger charge is 2.10. The summed E-state index contributed by atoms with van der Waals surface area (Å²) >= 11 is 12.0. The van der Waals surface area contributed by atoms with Crippen LogP contribution in [-0.2, 0) is 6.54 Å². The number of hydrogen-bond donors (Lipinski definition) is 1. The van der Waals surface area contributed by atoms with E-state index in [2.05, 4.69) is 0 Å². The Morgan fingerprint density at radius 1 is 1.13 bits per heavy atom.